The van der Waals surface area contributed by atoms with E-state index in [1.807, 2.05) is 6.92 Å². The Hall–Kier alpha value is -1.52. The van der Waals surface area contributed by atoms with Gasteiger partial charge in [0.1, 0.15) is 0 Å². The van der Waals surface area contributed by atoms with Crippen molar-refractivity contribution >= 4 is 6.09 Å². The number of H-pyrrole nitrogens is 1. The molecule has 0 bridgehead atoms. The molecule has 0 aliphatic carbocycles. The topological polar surface area (TPSA) is 69.2 Å². The van der Waals surface area contributed by atoms with Crippen molar-refractivity contribution in [3.8, 4) is 0 Å². The van der Waals surface area contributed by atoms with E-state index in [1.165, 1.54) is 4.90 Å². The minimum atomic E-state index is -0.862. The largest absolute Gasteiger partial charge is 0.465 e. The summed E-state index contributed by atoms with van der Waals surface area (Å²) >= 11 is 0. The Labute approximate surface area is 75.4 Å². The van der Waals surface area contributed by atoms with Gasteiger partial charge in [-0.15, -0.1) is 0 Å². The highest BCUT2D eigenvalue weighted by molar-refractivity contribution is 5.66. The number of aromatic nitrogens is 2. The van der Waals surface area contributed by atoms with Crippen molar-refractivity contribution in [2.45, 2.75) is 19.4 Å². The molecular weight excluding hydrogens is 170 g/mol. The van der Waals surface area contributed by atoms with Gasteiger partial charge in [-0.3, -0.25) is 5.10 Å². The Morgan fingerprint density at radius 1 is 1.85 bits per heavy atom. The summed E-state index contributed by atoms with van der Waals surface area (Å²) in [5.74, 6) is 0. The lowest BCUT2D eigenvalue weighted by atomic mass is 10.0. The summed E-state index contributed by atoms with van der Waals surface area (Å²) in [4.78, 5) is 12.2. The molecule has 1 aliphatic heterocycles. The molecule has 13 heavy (non-hydrogen) atoms. The molecule has 1 atom stereocenters. The van der Waals surface area contributed by atoms with Gasteiger partial charge in [-0.1, -0.05) is 0 Å². The smallest absolute Gasteiger partial charge is 0.407 e. The quantitative estimate of drug-likeness (QED) is 0.627. The van der Waals surface area contributed by atoms with Crippen molar-refractivity contribution in [1.29, 1.82) is 0 Å². The summed E-state index contributed by atoms with van der Waals surface area (Å²) in [6, 6.07) is -0.0833. The van der Waals surface area contributed by atoms with E-state index in [-0.39, 0.29) is 6.04 Å². The Bertz CT molecular complexity index is 334. The number of fused-ring (bicyclic) bond motifs is 1. The number of carbonyl (C=O) groups is 1. The number of aromatic amines is 1. The summed E-state index contributed by atoms with van der Waals surface area (Å²) in [6.45, 7) is 2.42. The molecule has 0 spiro atoms. The van der Waals surface area contributed by atoms with E-state index in [4.69, 9.17) is 5.11 Å². The van der Waals surface area contributed by atoms with Crippen LogP contribution in [0.1, 0.15) is 24.2 Å². The molecule has 0 saturated carbocycles. The van der Waals surface area contributed by atoms with Crippen LogP contribution in [0.3, 0.4) is 0 Å². The Kier molecular flexibility index (Phi) is 1.72. The van der Waals surface area contributed by atoms with Crippen LogP contribution >= 0.6 is 0 Å². The summed E-state index contributed by atoms with van der Waals surface area (Å²) in [7, 11) is 0. The molecule has 0 fully saturated rings. The highest BCUT2D eigenvalue weighted by Crippen LogP contribution is 2.27. The van der Waals surface area contributed by atoms with Crippen LogP contribution in [0.25, 0.3) is 0 Å². The lowest BCUT2D eigenvalue weighted by Crippen LogP contribution is -2.37. The van der Waals surface area contributed by atoms with Crippen LogP contribution in [-0.2, 0) is 6.42 Å². The molecule has 5 nitrogen and oxygen atoms in total. The standard InChI is InChI=1S/C8H11N3O2/c1-5-6-4-9-10-7(6)2-3-11(5)8(12)13/h4-5H,2-3H2,1H3,(H,9,10)(H,12,13). The number of hydrogen-bond acceptors (Lipinski definition) is 2. The zero-order chi connectivity index (χ0) is 9.42. The zero-order valence-corrected chi connectivity index (χ0v) is 7.32. The van der Waals surface area contributed by atoms with Gasteiger partial charge in [0.25, 0.3) is 0 Å². The van der Waals surface area contributed by atoms with Crippen LogP contribution in [0.4, 0.5) is 4.79 Å². The fraction of sp³-hybridized carbons (Fsp3) is 0.500. The first-order valence-corrected chi connectivity index (χ1v) is 4.22. The van der Waals surface area contributed by atoms with Crippen molar-refractivity contribution in [2.75, 3.05) is 6.54 Å². The van der Waals surface area contributed by atoms with Gasteiger partial charge in [-0.2, -0.15) is 5.10 Å². The molecule has 1 amide bonds. The maximum atomic E-state index is 10.8. The number of nitrogens with one attached hydrogen (secondary N) is 1. The van der Waals surface area contributed by atoms with E-state index in [1.54, 1.807) is 6.20 Å². The second-order valence-corrected chi connectivity index (χ2v) is 3.21. The second-order valence-electron chi connectivity index (χ2n) is 3.21. The fourth-order valence-electron chi connectivity index (χ4n) is 1.74. The van der Waals surface area contributed by atoms with Crippen molar-refractivity contribution in [3.63, 3.8) is 0 Å². The monoisotopic (exact) mass is 181 g/mol. The van der Waals surface area contributed by atoms with Crippen LogP contribution in [0.2, 0.25) is 0 Å². The molecule has 0 saturated heterocycles. The van der Waals surface area contributed by atoms with Gasteiger partial charge < -0.3 is 10.0 Å². The highest BCUT2D eigenvalue weighted by Gasteiger charge is 2.28. The molecule has 5 heteroatoms. The van der Waals surface area contributed by atoms with Gasteiger partial charge in [-0.05, 0) is 6.92 Å². The molecule has 2 heterocycles. The average Bonchev–Trinajstić information content (AvgIpc) is 2.52. The SMILES string of the molecule is CC1c2cn[nH]c2CCN1C(=O)O. The molecule has 0 aromatic carbocycles. The predicted octanol–water partition coefficient (Wildman–Crippen LogP) is 1.01. The van der Waals surface area contributed by atoms with Crippen LogP contribution in [-0.4, -0.2) is 32.8 Å². The van der Waals surface area contributed by atoms with Crippen molar-refractivity contribution < 1.29 is 9.90 Å². The minimum absolute atomic E-state index is 0.0833. The molecule has 1 aliphatic rings. The Morgan fingerprint density at radius 2 is 2.62 bits per heavy atom. The lowest BCUT2D eigenvalue weighted by molar-refractivity contribution is 0.124. The van der Waals surface area contributed by atoms with Gasteiger partial charge in [0.05, 0.1) is 12.2 Å². The molecule has 2 N–H and O–H groups in total. The van der Waals surface area contributed by atoms with E-state index in [0.29, 0.717) is 6.54 Å². The first-order chi connectivity index (χ1) is 6.20. The third kappa shape index (κ3) is 1.16. The van der Waals surface area contributed by atoms with E-state index < -0.39 is 6.09 Å². The fourth-order valence-corrected chi connectivity index (χ4v) is 1.74. The number of rotatable bonds is 0. The molecule has 1 aromatic heterocycles. The number of carboxylic acid groups (broad SMARTS) is 1. The van der Waals surface area contributed by atoms with E-state index in [2.05, 4.69) is 10.2 Å². The first kappa shape index (κ1) is 8.10. The Morgan fingerprint density at radius 3 is 3.31 bits per heavy atom. The normalized spacial score (nSPS) is 21.3. The van der Waals surface area contributed by atoms with Crippen molar-refractivity contribution in [1.82, 2.24) is 15.1 Å². The highest BCUT2D eigenvalue weighted by atomic mass is 16.4. The lowest BCUT2D eigenvalue weighted by Gasteiger charge is -2.30. The summed E-state index contributed by atoms with van der Waals surface area (Å²) in [5, 5.41) is 15.6. The third-order valence-corrected chi connectivity index (χ3v) is 2.52. The molecule has 1 unspecified atom stereocenters. The number of nitrogens with zero attached hydrogens (tertiary/aromatic N) is 2. The molecule has 70 valence electrons. The van der Waals surface area contributed by atoms with Crippen LogP contribution in [0.15, 0.2) is 6.20 Å². The summed E-state index contributed by atoms with van der Waals surface area (Å²) in [5.41, 5.74) is 2.05. The average molecular weight is 181 g/mol. The Balaban J connectivity index is 2.32. The van der Waals surface area contributed by atoms with Gasteiger partial charge >= 0.3 is 6.09 Å². The molecule has 0 radical (unpaired) electrons. The second kappa shape index (κ2) is 2.76. The van der Waals surface area contributed by atoms with E-state index >= 15 is 0 Å². The predicted molar refractivity (Wildman–Crippen MR) is 45.4 cm³/mol. The maximum absolute atomic E-state index is 10.8. The summed E-state index contributed by atoms with van der Waals surface area (Å²) in [6.07, 6.45) is 1.57. The van der Waals surface area contributed by atoms with Gasteiger partial charge in [0, 0.05) is 24.2 Å². The molecule has 1 aromatic rings. The molecule has 2 rings (SSSR count). The van der Waals surface area contributed by atoms with E-state index in [9.17, 15) is 4.79 Å². The van der Waals surface area contributed by atoms with Crippen LogP contribution < -0.4 is 0 Å². The number of hydrogen-bond donors (Lipinski definition) is 2. The van der Waals surface area contributed by atoms with Gasteiger partial charge in [0.2, 0.25) is 0 Å². The van der Waals surface area contributed by atoms with Crippen LogP contribution in [0.5, 0.6) is 0 Å². The third-order valence-electron chi connectivity index (χ3n) is 2.52. The van der Waals surface area contributed by atoms with Crippen molar-refractivity contribution in [2.24, 2.45) is 0 Å². The molecular formula is C8H11N3O2. The minimum Gasteiger partial charge on any atom is -0.465 e. The first-order valence-electron chi connectivity index (χ1n) is 4.22. The van der Waals surface area contributed by atoms with Crippen LogP contribution in [0, 0.1) is 0 Å². The van der Waals surface area contributed by atoms with Crippen molar-refractivity contribution in [3.05, 3.63) is 17.5 Å². The van der Waals surface area contributed by atoms with Gasteiger partial charge in [-0.25, -0.2) is 4.79 Å². The van der Waals surface area contributed by atoms with Gasteiger partial charge in [0.15, 0.2) is 0 Å². The summed E-state index contributed by atoms with van der Waals surface area (Å²) < 4.78 is 0. The number of amides is 1. The van der Waals surface area contributed by atoms with E-state index in [0.717, 1.165) is 17.7 Å². The zero-order valence-electron chi connectivity index (χ0n) is 7.32. The maximum Gasteiger partial charge on any atom is 0.407 e.